The molecule has 0 radical (unpaired) electrons. The molecule has 1 atom stereocenters. The summed E-state index contributed by atoms with van der Waals surface area (Å²) in [6.45, 7) is 5.77. The maximum Gasteiger partial charge on any atom is 0.301 e. The predicted molar refractivity (Wildman–Crippen MR) is 140 cm³/mol. The number of carbonyl (C=O) groups is 2. The number of hydrogen-bond acceptors (Lipinski definition) is 6. The Bertz CT molecular complexity index is 1730. The summed E-state index contributed by atoms with van der Waals surface area (Å²) in [7, 11) is 0. The quantitative estimate of drug-likeness (QED) is 0.203. The number of hydrogen-bond donors (Lipinski definition) is 1. The van der Waals surface area contributed by atoms with Crippen molar-refractivity contribution in [2.24, 2.45) is 0 Å². The van der Waals surface area contributed by atoms with Gasteiger partial charge in [-0.25, -0.2) is 9.97 Å². The number of amides is 1. The highest BCUT2D eigenvalue weighted by molar-refractivity contribution is 7.22. The zero-order valence-electron chi connectivity index (χ0n) is 19.9. The second-order valence-electron chi connectivity index (χ2n) is 8.98. The minimum atomic E-state index is -0.832. The van der Waals surface area contributed by atoms with Crippen molar-refractivity contribution in [1.29, 1.82) is 0 Å². The van der Waals surface area contributed by atoms with Crippen LogP contribution in [0.1, 0.15) is 34.1 Å². The van der Waals surface area contributed by atoms with Crippen molar-refractivity contribution in [3.05, 3.63) is 101 Å². The number of thiazole rings is 1. The van der Waals surface area contributed by atoms with Gasteiger partial charge >= 0.3 is 5.91 Å². The van der Waals surface area contributed by atoms with Crippen molar-refractivity contribution in [3.63, 3.8) is 0 Å². The van der Waals surface area contributed by atoms with Crippen LogP contribution < -0.4 is 4.90 Å². The number of aromatic nitrogens is 3. The van der Waals surface area contributed by atoms with E-state index in [1.807, 2.05) is 74.5 Å². The second kappa shape index (κ2) is 8.13. The van der Waals surface area contributed by atoms with Crippen LogP contribution in [0.4, 0.5) is 5.13 Å². The lowest BCUT2D eigenvalue weighted by Gasteiger charge is -2.22. The zero-order valence-corrected chi connectivity index (χ0v) is 20.7. The van der Waals surface area contributed by atoms with Gasteiger partial charge in [0, 0.05) is 6.20 Å². The molecule has 36 heavy (non-hydrogen) atoms. The average Bonchev–Trinajstić information content (AvgIpc) is 3.50. The highest BCUT2D eigenvalue weighted by atomic mass is 32.1. The lowest BCUT2D eigenvalue weighted by Crippen LogP contribution is -2.29. The Kier molecular flexibility index (Phi) is 5.01. The van der Waals surface area contributed by atoms with Gasteiger partial charge < -0.3 is 5.11 Å². The van der Waals surface area contributed by atoms with Gasteiger partial charge in [-0.1, -0.05) is 53.8 Å². The van der Waals surface area contributed by atoms with Gasteiger partial charge in [-0.05, 0) is 55.7 Å². The normalized spacial score (nSPS) is 17.5. The first-order chi connectivity index (χ1) is 17.3. The Labute approximate surface area is 211 Å². The summed E-state index contributed by atoms with van der Waals surface area (Å²) in [5, 5.41) is 12.0. The number of Topliss-reactive ketones (excluding diaryl/α,β-unsaturated/α-hetero) is 1. The van der Waals surface area contributed by atoms with E-state index < -0.39 is 17.7 Å². The molecule has 3 aromatic heterocycles. The van der Waals surface area contributed by atoms with Crippen LogP contribution in [0.2, 0.25) is 0 Å². The fraction of sp³-hybridized carbons (Fsp3) is 0.143. The van der Waals surface area contributed by atoms with E-state index in [9.17, 15) is 14.7 Å². The number of rotatable bonds is 3. The molecule has 7 nitrogen and oxygen atoms in total. The maximum absolute atomic E-state index is 13.5. The van der Waals surface area contributed by atoms with Crippen LogP contribution in [0.25, 0.3) is 21.6 Å². The molecule has 1 amide bonds. The molecule has 0 saturated carbocycles. The van der Waals surface area contributed by atoms with Crippen molar-refractivity contribution >= 4 is 49.8 Å². The number of nitrogens with zero attached hydrogens (tertiary/aromatic N) is 4. The van der Waals surface area contributed by atoms with Crippen LogP contribution in [0.5, 0.6) is 0 Å². The van der Waals surface area contributed by atoms with E-state index in [2.05, 4.69) is 4.98 Å². The summed E-state index contributed by atoms with van der Waals surface area (Å²) in [6.07, 6.45) is 1.77. The third kappa shape index (κ3) is 3.25. The summed E-state index contributed by atoms with van der Waals surface area (Å²) in [5.41, 5.74) is 5.21. The molecule has 0 spiro atoms. The number of anilines is 1. The first-order valence-corrected chi connectivity index (χ1v) is 12.3. The maximum atomic E-state index is 13.5. The Hall–Kier alpha value is -4.30. The van der Waals surface area contributed by atoms with Gasteiger partial charge in [-0.3, -0.25) is 18.9 Å². The second-order valence-corrected chi connectivity index (χ2v) is 9.99. The Balaban J connectivity index is 1.61. The molecule has 1 aliphatic heterocycles. The first kappa shape index (κ1) is 22.2. The van der Waals surface area contributed by atoms with E-state index in [-0.39, 0.29) is 11.3 Å². The van der Waals surface area contributed by atoms with Gasteiger partial charge in [0.1, 0.15) is 11.3 Å². The lowest BCUT2D eigenvalue weighted by molar-refractivity contribution is -0.132. The molecular weight excluding hydrogens is 472 g/mol. The molecule has 1 N–H and O–H groups in total. The Morgan fingerprint density at radius 2 is 1.72 bits per heavy atom. The largest absolute Gasteiger partial charge is 0.505 e. The lowest BCUT2D eigenvalue weighted by atomic mass is 9.96. The molecule has 4 heterocycles. The highest BCUT2D eigenvalue weighted by Gasteiger charge is 2.48. The van der Waals surface area contributed by atoms with E-state index in [0.29, 0.717) is 27.7 Å². The summed E-state index contributed by atoms with van der Waals surface area (Å²) in [6, 6.07) is 18.0. The monoisotopic (exact) mass is 494 g/mol. The third-order valence-electron chi connectivity index (χ3n) is 6.51. The minimum absolute atomic E-state index is 0.0205. The van der Waals surface area contributed by atoms with Crippen LogP contribution in [-0.2, 0) is 9.59 Å². The predicted octanol–water partition coefficient (Wildman–Crippen LogP) is 5.50. The summed E-state index contributed by atoms with van der Waals surface area (Å²) in [4.78, 5) is 37.8. The number of aliphatic hydroxyl groups is 1. The van der Waals surface area contributed by atoms with Crippen LogP contribution in [0.15, 0.2) is 72.4 Å². The van der Waals surface area contributed by atoms with E-state index in [1.54, 1.807) is 17.5 Å². The van der Waals surface area contributed by atoms with Crippen LogP contribution >= 0.6 is 11.3 Å². The van der Waals surface area contributed by atoms with Crippen LogP contribution in [0, 0.1) is 20.8 Å². The number of pyridine rings is 1. The Morgan fingerprint density at radius 3 is 2.50 bits per heavy atom. The topological polar surface area (TPSA) is 87.8 Å². The van der Waals surface area contributed by atoms with Gasteiger partial charge in [-0.15, -0.1) is 0 Å². The molecule has 1 saturated heterocycles. The molecular formula is C28H22N4O3S. The molecule has 2 aromatic carbocycles. The molecule has 8 heteroatoms. The van der Waals surface area contributed by atoms with Gasteiger partial charge in [0.25, 0.3) is 5.78 Å². The van der Waals surface area contributed by atoms with Crippen LogP contribution in [-0.4, -0.2) is 31.2 Å². The van der Waals surface area contributed by atoms with E-state index in [4.69, 9.17) is 4.98 Å². The first-order valence-electron chi connectivity index (χ1n) is 11.5. The van der Waals surface area contributed by atoms with Gasteiger partial charge in [0.05, 0.1) is 27.5 Å². The fourth-order valence-electron chi connectivity index (χ4n) is 4.97. The van der Waals surface area contributed by atoms with Crippen molar-refractivity contribution in [2.45, 2.75) is 26.8 Å². The number of imidazole rings is 1. The zero-order chi connectivity index (χ0) is 25.1. The minimum Gasteiger partial charge on any atom is -0.505 e. The molecule has 1 unspecified atom stereocenters. The van der Waals surface area contributed by atoms with Crippen molar-refractivity contribution in [1.82, 2.24) is 14.4 Å². The van der Waals surface area contributed by atoms with Crippen molar-refractivity contribution in [3.8, 4) is 0 Å². The number of ketones is 1. The van der Waals surface area contributed by atoms with E-state index >= 15 is 0 Å². The fourth-order valence-corrected chi connectivity index (χ4v) is 6.14. The SMILES string of the molecule is Cc1cc(C)c2nc(N3C(=O)C(=O)/C(=C(/O)c4c(C)nc5ccccn45)C3c3ccccc3)sc2c1. The van der Waals surface area contributed by atoms with Gasteiger partial charge in [0.15, 0.2) is 10.9 Å². The van der Waals surface area contributed by atoms with E-state index in [1.165, 1.54) is 16.2 Å². The number of aryl methyl sites for hydroxylation is 3. The molecule has 1 aliphatic rings. The molecule has 178 valence electrons. The van der Waals surface area contributed by atoms with Crippen molar-refractivity contribution in [2.75, 3.05) is 4.90 Å². The third-order valence-corrected chi connectivity index (χ3v) is 7.51. The highest BCUT2D eigenvalue weighted by Crippen LogP contribution is 2.45. The summed E-state index contributed by atoms with van der Waals surface area (Å²) < 4.78 is 2.66. The molecule has 0 bridgehead atoms. The number of carbonyl (C=O) groups excluding carboxylic acids is 2. The summed E-state index contributed by atoms with van der Waals surface area (Å²) in [5.74, 6) is -1.72. The smallest absolute Gasteiger partial charge is 0.301 e. The molecule has 6 rings (SSSR count). The molecule has 0 aliphatic carbocycles. The van der Waals surface area contributed by atoms with Crippen LogP contribution in [0.3, 0.4) is 0 Å². The standard InChI is InChI=1S/C28H22N4O3S/c1-15-13-16(2)22-19(14-15)36-28(30-22)32-24(18-9-5-4-6-10-18)21(26(34)27(32)35)25(33)23-17(3)29-20-11-7-8-12-31(20)23/h4-14,24,33H,1-3H3/b25-21+. The number of benzene rings is 2. The molecule has 5 aromatic rings. The van der Waals surface area contributed by atoms with Gasteiger partial charge in [-0.2, -0.15) is 0 Å². The Morgan fingerprint density at radius 1 is 0.972 bits per heavy atom. The van der Waals surface area contributed by atoms with Crippen molar-refractivity contribution < 1.29 is 14.7 Å². The summed E-state index contributed by atoms with van der Waals surface area (Å²) >= 11 is 1.36. The van der Waals surface area contributed by atoms with Gasteiger partial charge in [0.2, 0.25) is 0 Å². The average molecular weight is 495 g/mol. The number of fused-ring (bicyclic) bond motifs is 2. The molecule has 1 fully saturated rings. The van der Waals surface area contributed by atoms with E-state index in [0.717, 1.165) is 21.3 Å². The number of aliphatic hydroxyl groups excluding tert-OH is 1.